The van der Waals surface area contributed by atoms with Crippen molar-refractivity contribution in [3.8, 4) is 0 Å². The number of aromatic nitrogens is 2. The van der Waals surface area contributed by atoms with E-state index in [9.17, 15) is 4.79 Å². The molecule has 1 saturated heterocycles. The van der Waals surface area contributed by atoms with Crippen LogP contribution in [0.5, 0.6) is 0 Å². The van der Waals surface area contributed by atoms with Gasteiger partial charge in [0.05, 0.1) is 30.6 Å². The zero-order chi connectivity index (χ0) is 24.2. The molecule has 1 aliphatic rings. The molecule has 178 valence electrons. The lowest BCUT2D eigenvalue weighted by molar-refractivity contribution is -0.116. The van der Waals surface area contributed by atoms with Crippen molar-refractivity contribution in [3.05, 3.63) is 108 Å². The number of rotatable bonds is 8. The number of nitrogens with one attached hydrogen (secondary N) is 2. The van der Waals surface area contributed by atoms with Gasteiger partial charge in [-0.1, -0.05) is 18.2 Å². The first kappa shape index (κ1) is 22.9. The highest BCUT2D eigenvalue weighted by molar-refractivity contribution is 7.80. The topological polar surface area (TPSA) is 75.3 Å². The summed E-state index contributed by atoms with van der Waals surface area (Å²) in [5.74, 6) is 0.818. The van der Waals surface area contributed by atoms with Crippen LogP contribution in [-0.4, -0.2) is 32.0 Å². The van der Waals surface area contributed by atoms with Gasteiger partial charge in [-0.25, -0.2) is 0 Å². The van der Waals surface area contributed by atoms with Gasteiger partial charge in [-0.3, -0.25) is 9.78 Å². The Kier molecular flexibility index (Phi) is 6.63. The number of anilines is 1. The molecule has 5 rings (SSSR count). The molecule has 0 saturated carbocycles. The number of hydrogen-bond donors (Lipinski definition) is 2. The van der Waals surface area contributed by atoms with Gasteiger partial charge >= 0.3 is 0 Å². The second-order valence-corrected chi connectivity index (χ2v) is 9.01. The fourth-order valence-electron chi connectivity index (χ4n) is 4.55. The summed E-state index contributed by atoms with van der Waals surface area (Å²) >= 11 is 5.75. The van der Waals surface area contributed by atoms with Crippen LogP contribution >= 0.6 is 12.2 Å². The highest BCUT2D eigenvalue weighted by atomic mass is 32.1. The zero-order valence-corrected chi connectivity index (χ0v) is 20.2. The SMILES string of the molecule is Cc1cccc(NC(=O)CCN2C(=S)NC(c3ccccn3)C2c2cccn2Cc2ccco2)c1. The van der Waals surface area contributed by atoms with Gasteiger partial charge in [0.2, 0.25) is 5.91 Å². The summed E-state index contributed by atoms with van der Waals surface area (Å²) in [4.78, 5) is 19.5. The molecule has 2 atom stereocenters. The molecular weight excluding hydrogens is 458 g/mol. The molecule has 4 aromatic rings. The predicted octanol–water partition coefficient (Wildman–Crippen LogP) is 4.83. The number of furan rings is 1. The second-order valence-electron chi connectivity index (χ2n) is 8.63. The van der Waals surface area contributed by atoms with E-state index in [4.69, 9.17) is 16.6 Å². The average molecular weight is 486 g/mol. The van der Waals surface area contributed by atoms with Crippen LogP contribution in [0.1, 0.15) is 41.2 Å². The summed E-state index contributed by atoms with van der Waals surface area (Å²) in [6.45, 7) is 3.09. The second kappa shape index (κ2) is 10.1. The van der Waals surface area contributed by atoms with Crippen molar-refractivity contribution >= 4 is 28.9 Å². The Bertz CT molecular complexity index is 1300. The van der Waals surface area contributed by atoms with E-state index in [1.807, 2.05) is 73.8 Å². The molecule has 1 amide bonds. The van der Waals surface area contributed by atoms with Crippen LogP contribution in [0.2, 0.25) is 0 Å². The van der Waals surface area contributed by atoms with Crippen molar-refractivity contribution in [2.75, 3.05) is 11.9 Å². The average Bonchev–Trinajstić information content (AvgIpc) is 3.59. The number of hydrogen-bond acceptors (Lipinski definition) is 4. The molecule has 0 spiro atoms. The highest BCUT2D eigenvalue weighted by Crippen LogP contribution is 2.39. The minimum atomic E-state index is -0.145. The molecule has 1 aliphatic heterocycles. The number of nitrogens with zero attached hydrogens (tertiary/aromatic N) is 3. The van der Waals surface area contributed by atoms with Crippen molar-refractivity contribution in [3.63, 3.8) is 0 Å². The summed E-state index contributed by atoms with van der Waals surface area (Å²) in [5.41, 5.74) is 3.87. The zero-order valence-electron chi connectivity index (χ0n) is 19.4. The monoisotopic (exact) mass is 485 g/mol. The van der Waals surface area contributed by atoms with E-state index in [1.165, 1.54) is 0 Å². The van der Waals surface area contributed by atoms with Crippen LogP contribution in [0.4, 0.5) is 5.69 Å². The Balaban J connectivity index is 1.39. The lowest BCUT2D eigenvalue weighted by Crippen LogP contribution is -2.33. The first-order valence-electron chi connectivity index (χ1n) is 11.6. The standard InChI is InChI=1S/C27H27N5O2S/c1-19-7-4-8-20(17-19)29-24(33)12-15-32-26(25(30-27(32)35)22-10-2-3-13-28-22)23-11-5-14-31(23)18-21-9-6-16-34-21/h2-11,13-14,16-17,25-26H,12,15,18H2,1H3,(H,29,33)(H,30,35). The molecule has 1 fully saturated rings. The van der Waals surface area contributed by atoms with Crippen molar-refractivity contribution in [2.24, 2.45) is 0 Å². The number of carbonyl (C=O) groups is 1. The van der Waals surface area contributed by atoms with Crippen LogP contribution < -0.4 is 10.6 Å². The summed E-state index contributed by atoms with van der Waals surface area (Å²) in [7, 11) is 0. The van der Waals surface area contributed by atoms with Crippen LogP contribution in [0.3, 0.4) is 0 Å². The molecule has 8 heteroatoms. The van der Waals surface area contributed by atoms with Gasteiger partial charge in [0.25, 0.3) is 0 Å². The molecule has 1 aromatic carbocycles. The Labute approximate surface area is 209 Å². The lowest BCUT2D eigenvalue weighted by Gasteiger charge is -2.28. The molecule has 7 nitrogen and oxygen atoms in total. The fraction of sp³-hybridized carbons (Fsp3) is 0.222. The van der Waals surface area contributed by atoms with Gasteiger partial charge in [0.1, 0.15) is 5.76 Å². The van der Waals surface area contributed by atoms with Gasteiger partial charge < -0.3 is 24.5 Å². The van der Waals surface area contributed by atoms with E-state index in [-0.39, 0.29) is 18.0 Å². The number of benzene rings is 1. The van der Waals surface area contributed by atoms with Crippen molar-refractivity contribution in [1.29, 1.82) is 0 Å². The Morgan fingerprint density at radius 2 is 2.06 bits per heavy atom. The van der Waals surface area contributed by atoms with Gasteiger partial charge in [-0.15, -0.1) is 0 Å². The maximum absolute atomic E-state index is 12.8. The third kappa shape index (κ3) is 5.12. The number of amides is 1. The number of aryl methyl sites for hydroxylation is 1. The minimum absolute atomic E-state index is 0.0515. The third-order valence-corrected chi connectivity index (χ3v) is 6.51. The molecule has 0 bridgehead atoms. The summed E-state index contributed by atoms with van der Waals surface area (Å²) in [6.07, 6.45) is 5.81. The van der Waals surface area contributed by atoms with E-state index in [0.29, 0.717) is 24.6 Å². The van der Waals surface area contributed by atoms with Crippen molar-refractivity contribution in [1.82, 2.24) is 19.8 Å². The molecule has 0 radical (unpaired) electrons. The predicted molar refractivity (Wildman–Crippen MR) is 139 cm³/mol. The third-order valence-electron chi connectivity index (χ3n) is 6.15. The van der Waals surface area contributed by atoms with E-state index in [0.717, 1.165) is 28.4 Å². The fourth-order valence-corrected chi connectivity index (χ4v) is 4.88. The smallest absolute Gasteiger partial charge is 0.226 e. The largest absolute Gasteiger partial charge is 0.467 e. The number of pyridine rings is 1. The molecule has 2 unspecified atom stereocenters. The lowest BCUT2D eigenvalue weighted by atomic mass is 10.0. The molecule has 3 aromatic heterocycles. The van der Waals surface area contributed by atoms with Gasteiger partial charge in [0.15, 0.2) is 5.11 Å². The first-order chi connectivity index (χ1) is 17.1. The van der Waals surface area contributed by atoms with Gasteiger partial charge in [-0.2, -0.15) is 0 Å². The first-order valence-corrected chi connectivity index (χ1v) is 12.0. The van der Waals surface area contributed by atoms with Gasteiger partial charge in [-0.05, 0) is 73.2 Å². The Hall–Kier alpha value is -3.91. The number of carbonyl (C=O) groups excluding carboxylic acids is 1. The highest BCUT2D eigenvalue weighted by Gasteiger charge is 2.41. The summed E-state index contributed by atoms with van der Waals surface area (Å²) in [6, 6.07) is 21.4. The normalized spacial score (nSPS) is 17.4. The molecule has 0 aliphatic carbocycles. The van der Waals surface area contributed by atoms with E-state index in [1.54, 1.807) is 12.5 Å². The Morgan fingerprint density at radius 1 is 1.14 bits per heavy atom. The molecular formula is C27H27N5O2S. The van der Waals surface area contributed by atoms with E-state index < -0.39 is 0 Å². The maximum atomic E-state index is 12.8. The molecule has 35 heavy (non-hydrogen) atoms. The van der Waals surface area contributed by atoms with E-state index in [2.05, 4.69) is 31.2 Å². The van der Waals surface area contributed by atoms with Crippen molar-refractivity contribution < 1.29 is 9.21 Å². The number of thiocarbonyl (C=S) groups is 1. The minimum Gasteiger partial charge on any atom is -0.467 e. The maximum Gasteiger partial charge on any atom is 0.226 e. The van der Waals surface area contributed by atoms with Crippen LogP contribution in [0, 0.1) is 6.92 Å². The summed E-state index contributed by atoms with van der Waals surface area (Å²) in [5, 5.41) is 7.06. The summed E-state index contributed by atoms with van der Waals surface area (Å²) < 4.78 is 7.75. The molecule has 4 heterocycles. The van der Waals surface area contributed by atoms with Crippen LogP contribution in [0.25, 0.3) is 0 Å². The van der Waals surface area contributed by atoms with Gasteiger partial charge in [0, 0.05) is 36.7 Å². The van der Waals surface area contributed by atoms with Crippen LogP contribution in [-0.2, 0) is 11.3 Å². The van der Waals surface area contributed by atoms with Crippen molar-refractivity contribution in [2.45, 2.75) is 32.0 Å². The quantitative estimate of drug-likeness (QED) is 0.348. The Morgan fingerprint density at radius 3 is 2.83 bits per heavy atom. The van der Waals surface area contributed by atoms with E-state index >= 15 is 0 Å². The molecule has 2 N–H and O–H groups in total. The van der Waals surface area contributed by atoms with Crippen LogP contribution in [0.15, 0.2) is 89.8 Å².